The molecule has 2 aliphatic heterocycles. The van der Waals surface area contributed by atoms with Crippen LogP contribution in [-0.2, 0) is 0 Å². The van der Waals surface area contributed by atoms with Crippen LogP contribution in [0.1, 0.15) is 39.0 Å². The number of rotatable bonds is 3. The number of nitrogens with zero attached hydrogens (tertiary/aromatic N) is 3. The minimum atomic E-state index is 0.444. The molecule has 0 aliphatic carbocycles. The van der Waals surface area contributed by atoms with Crippen LogP contribution in [-0.4, -0.2) is 48.1 Å². The van der Waals surface area contributed by atoms with Crippen LogP contribution < -0.4 is 0 Å². The molecule has 2 fully saturated rings. The first-order valence-corrected chi connectivity index (χ1v) is 6.66. The molecule has 0 saturated carbocycles. The Balaban J connectivity index is 1.80. The van der Waals surface area contributed by atoms with Gasteiger partial charge in [-0.3, -0.25) is 9.80 Å². The SMILES string of the molecule is CC(CC#N)N1CCC(N2CCCCC2)C1. The number of likely N-dealkylation sites (tertiary alicyclic amines) is 2. The quantitative estimate of drug-likeness (QED) is 0.728. The Labute approximate surface area is 99.0 Å². The number of hydrogen-bond acceptors (Lipinski definition) is 3. The minimum absolute atomic E-state index is 0.444. The molecule has 2 atom stereocenters. The van der Waals surface area contributed by atoms with Crippen LogP contribution in [0.4, 0.5) is 0 Å². The second-order valence-corrected chi connectivity index (χ2v) is 5.25. The maximum atomic E-state index is 8.72. The van der Waals surface area contributed by atoms with Crippen molar-refractivity contribution in [2.45, 2.75) is 51.1 Å². The van der Waals surface area contributed by atoms with Crippen LogP contribution in [0.25, 0.3) is 0 Å². The number of nitriles is 1. The van der Waals surface area contributed by atoms with Gasteiger partial charge in [-0.1, -0.05) is 6.42 Å². The second-order valence-electron chi connectivity index (χ2n) is 5.25. The van der Waals surface area contributed by atoms with Gasteiger partial charge in [0.25, 0.3) is 0 Å². The van der Waals surface area contributed by atoms with Crippen LogP contribution in [0, 0.1) is 11.3 Å². The predicted molar refractivity (Wildman–Crippen MR) is 65.1 cm³/mol. The van der Waals surface area contributed by atoms with E-state index in [0.29, 0.717) is 12.5 Å². The van der Waals surface area contributed by atoms with Crippen molar-refractivity contribution in [2.24, 2.45) is 0 Å². The fourth-order valence-corrected chi connectivity index (χ4v) is 3.01. The fraction of sp³-hybridized carbons (Fsp3) is 0.923. The van der Waals surface area contributed by atoms with Crippen molar-refractivity contribution in [1.29, 1.82) is 5.26 Å². The molecule has 2 aliphatic rings. The fourth-order valence-electron chi connectivity index (χ4n) is 3.01. The highest BCUT2D eigenvalue weighted by atomic mass is 15.3. The van der Waals surface area contributed by atoms with Gasteiger partial charge in [-0.2, -0.15) is 5.26 Å². The van der Waals surface area contributed by atoms with Gasteiger partial charge in [0.15, 0.2) is 0 Å². The van der Waals surface area contributed by atoms with Crippen LogP contribution in [0.3, 0.4) is 0 Å². The first kappa shape index (κ1) is 11.9. The van der Waals surface area contributed by atoms with Crippen molar-refractivity contribution in [3.05, 3.63) is 0 Å². The van der Waals surface area contributed by atoms with E-state index in [2.05, 4.69) is 22.8 Å². The molecule has 0 bridgehead atoms. The van der Waals surface area contributed by atoms with Gasteiger partial charge in [0.2, 0.25) is 0 Å². The Bertz CT molecular complexity index is 252. The Morgan fingerprint density at radius 2 is 2.00 bits per heavy atom. The molecule has 2 unspecified atom stereocenters. The van der Waals surface area contributed by atoms with Gasteiger partial charge in [-0.25, -0.2) is 0 Å². The van der Waals surface area contributed by atoms with Gasteiger partial charge < -0.3 is 0 Å². The molecule has 90 valence electrons. The highest BCUT2D eigenvalue weighted by Crippen LogP contribution is 2.22. The summed E-state index contributed by atoms with van der Waals surface area (Å²) in [5.41, 5.74) is 0. The van der Waals surface area contributed by atoms with Gasteiger partial charge in [0, 0.05) is 25.2 Å². The Morgan fingerprint density at radius 3 is 2.69 bits per heavy atom. The monoisotopic (exact) mass is 221 g/mol. The maximum Gasteiger partial charge on any atom is 0.0638 e. The Hall–Kier alpha value is -0.590. The first-order chi connectivity index (χ1) is 7.81. The summed E-state index contributed by atoms with van der Waals surface area (Å²) in [5, 5.41) is 8.72. The van der Waals surface area contributed by atoms with Crippen molar-refractivity contribution in [1.82, 2.24) is 9.80 Å². The second kappa shape index (κ2) is 5.65. The minimum Gasteiger partial charge on any atom is -0.299 e. The van der Waals surface area contributed by atoms with E-state index in [1.165, 1.54) is 51.9 Å². The van der Waals surface area contributed by atoms with Crippen molar-refractivity contribution in [2.75, 3.05) is 26.2 Å². The van der Waals surface area contributed by atoms with E-state index in [0.717, 1.165) is 6.04 Å². The molecule has 0 spiro atoms. The van der Waals surface area contributed by atoms with E-state index < -0.39 is 0 Å². The van der Waals surface area contributed by atoms with Gasteiger partial charge in [-0.15, -0.1) is 0 Å². The lowest BCUT2D eigenvalue weighted by Gasteiger charge is -2.32. The molecule has 0 radical (unpaired) electrons. The van der Waals surface area contributed by atoms with Gasteiger partial charge in [0.05, 0.1) is 12.5 Å². The van der Waals surface area contributed by atoms with Crippen molar-refractivity contribution in [3.8, 4) is 6.07 Å². The van der Waals surface area contributed by atoms with Crippen molar-refractivity contribution in [3.63, 3.8) is 0 Å². The smallest absolute Gasteiger partial charge is 0.0638 e. The van der Waals surface area contributed by atoms with E-state index in [1.54, 1.807) is 0 Å². The lowest BCUT2D eigenvalue weighted by molar-refractivity contribution is 0.154. The van der Waals surface area contributed by atoms with Crippen molar-refractivity contribution < 1.29 is 0 Å². The molecule has 3 nitrogen and oxygen atoms in total. The zero-order valence-electron chi connectivity index (χ0n) is 10.4. The van der Waals surface area contributed by atoms with E-state index in [9.17, 15) is 0 Å². The molecule has 0 aromatic rings. The molecule has 16 heavy (non-hydrogen) atoms. The molecule has 0 aromatic heterocycles. The van der Waals surface area contributed by atoms with Gasteiger partial charge in [0.1, 0.15) is 0 Å². The molecular weight excluding hydrogens is 198 g/mol. The highest BCUT2D eigenvalue weighted by Gasteiger charge is 2.30. The van der Waals surface area contributed by atoms with Crippen molar-refractivity contribution >= 4 is 0 Å². The average Bonchev–Trinajstić information content (AvgIpc) is 2.80. The molecule has 0 aromatic carbocycles. The Kier molecular flexibility index (Phi) is 4.20. The predicted octanol–water partition coefficient (Wildman–Crippen LogP) is 1.85. The molecular formula is C13H23N3. The standard InChI is InChI=1S/C13H23N3/c1-12(5-7-14)16-10-6-13(11-16)15-8-3-2-4-9-15/h12-13H,2-6,8-11H2,1H3. The maximum absolute atomic E-state index is 8.72. The summed E-state index contributed by atoms with van der Waals surface area (Å²) in [6, 6.07) is 3.49. The summed E-state index contributed by atoms with van der Waals surface area (Å²) in [6.45, 7) is 7.14. The third kappa shape index (κ3) is 2.75. The average molecular weight is 221 g/mol. The Morgan fingerprint density at radius 1 is 1.25 bits per heavy atom. The molecule has 2 heterocycles. The van der Waals surface area contributed by atoms with Crippen LogP contribution in [0.2, 0.25) is 0 Å². The lowest BCUT2D eigenvalue weighted by Crippen LogP contribution is -2.42. The third-order valence-corrected chi connectivity index (χ3v) is 4.11. The highest BCUT2D eigenvalue weighted by molar-refractivity contribution is 4.89. The van der Waals surface area contributed by atoms with Gasteiger partial charge >= 0.3 is 0 Å². The molecule has 2 rings (SSSR count). The topological polar surface area (TPSA) is 30.3 Å². The summed E-state index contributed by atoms with van der Waals surface area (Å²) in [7, 11) is 0. The lowest BCUT2D eigenvalue weighted by atomic mass is 10.1. The summed E-state index contributed by atoms with van der Waals surface area (Å²) < 4.78 is 0. The van der Waals surface area contributed by atoms with E-state index in [1.807, 2.05) is 0 Å². The van der Waals surface area contributed by atoms with E-state index >= 15 is 0 Å². The number of piperidine rings is 1. The summed E-state index contributed by atoms with van der Waals surface area (Å²) in [6.07, 6.45) is 6.15. The summed E-state index contributed by atoms with van der Waals surface area (Å²) >= 11 is 0. The first-order valence-electron chi connectivity index (χ1n) is 6.66. The summed E-state index contributed by atoms with van der Waals surface area (Å²) in [4.78, 5) is 5.16. The molecule has 2 saturated heterocycles. The zero-order chi connectivity index (χ0) is 11.4. The van der Waals surface area contributed by atoms with Crippen LogP contribution in [0.5, 0.6) is 0 Å². The zero-order valence-corrected chi connectivity index (χ0v) is 10.4. The molecule has 0 amide bonds. The third-order valence-electron chi connectivity index (χ3n) is 4.11. The van der Waals surface area contributed by atoms with Crippen LogP contribution >= 0.6 is 0 Å². The van der Waals surface area contributed by atoms with E-state index in [4.69, 9.17) is 5.26 Å². The summed E-state index contributed by atoms with van der Waals surface area (Å²) in [5.74, 6) is 0. The van der Waals surface area contributed by atoms with E-state index in [-0.39, 0.29) is 0 Å². The van der Waals surface area contributed by atoms with Crippen LogP contribution in [0.15, 0.2) is 0 Å². The largest absolute Gasteiger partial charge is 0.299 e. The molecule has 0 N–H and O–H groups in total. The molecule has 3 heteroatoms. The number of hydrogen-bond donors (Lipinski definition) is 0. The normalized spacial score (nSPS) is 30.1. The van der Waals surface area contributed by atoms with Gasteiger partial charge in [-0.05, 0) is 39.3 Å².